The Labute approximate surface area is 180 Å². The first kappa shape index (κ1) is 22.0. The number of methoxy groups -OCH3 is 2. The molecule has 0 amide bonds. The summed E-state index contributed by atoms with van der Waals surface area (Å²) in [5.74, 6) is 2.60. The van der Waals surface area contributed by atoms with Crippen LogP contribution in [0.25, 0.3) is 16.9 Å². The van der Waals surface area contributed by atoms with Crippen LogP contribution in [0.15, 0.2) is 18.2 Å². The Hall–Kier alpha value is -2.69. The van der Waals surface area contributed by atoms with Gasteiger partial charge in [-0.2, -0.15) is 4.68 Å². The van der Waals surface area contributed by atoms with Crippen molar-refractivity contribution in [3.05, 3.63) is 24.0 Å². The second-order valence-corrected chi connectivity index (χ2v) is 6.71. The van der Waals surface area contributed by atoms with Crippen molar-refractivity contribution < 1.29 is 14.2 Å². The highest BCUT2D eigenvalue weighted by molar-refractivity contribution is 5.85. The Kier molecular flexibility index (Phi) is 7.24. The van der Waals surface area contributed by atoms with Gasteiger partial charge in [-0.1, -0.05) is 5.21 Å². The molecule has 30 heavy (non-hydrogen) atoms. The van der Waals surface area contributed by atoms with Crippen molar-refractivity contribution in [1.29, 1.82) is 0 Å². The van der Waals surface area contributed by atoms with Gasteiger partial charge in [-0.15, -0.1) is 17.5 Å². The van der Waals surface area contributed by atoms with Crippen molar-refractivity contribution >= 4 is 29.4 Å². The lowest BCUT2D eigenvalue weighted by Gasteiger charge is -2.26. The van der Waals surface area contributed by atoms with Gasteiger partial charge in [0.15, 0.2) is 28.5 Å². The lowest BCUT2D eigenvalue weighted by Crippen LogP contribution is -2.39. The van der Waals surface area contributed by atoms with Crippen molar-refractivity contribution in [3.63, 3.8) is 0 Å². The van der Waals surface area contributed by atoms with Crippen LogP contribution in [0.1, 0.15) is 5.82 Å². The largest absolute Gasteiger partial charge is 0.493 e. The summed E-state index contributed by atoms with van der Waals surface area (Å²) in [6, 6.07) is 5.56. The van der Waals surface area contributed by atoms with Crippen LogP contribution < -0.4 is 14.8 Å². The molecule has 4 rings (SSSR count). The second kappa shape index (κ2) is 9.88. The molecule has 2 aromatic heterocycles. The molecule has 0 radical (unpaired) electrons. The summed E-state index contributed by atoms with van der Waals surface area (Å²) in [5.41, 5.74) is 2.05. The predicted molar refractivity (Wildman–Crippen MR) is 115 cm³/mol. The van der Waals surface area contributed by atoms with E-state index in [4.69, 9.17) is 14.2 Å². The molecule has 1 saturated heterocycles. The highest BCUT2D eigenvalue weighted by Gasteiger charge is 2.16. The summed E-state index contributed by atoms with van der Waals surface area (Å²) in [4.78, 5) is 11.4. The standard InChI is InChI=1S/C19H25N7O3.ClH/c1-13-21-18(20-6-7-25-8-10-29-11-9-25)17-19(22-13)26(24-23-17)14-4-5-15(27-2)16(12-14)28-3;/h4-5,12H,6-11H2,1-3H3,(H,20,21,22);1H. The van der Waals surface area contributed by atoms with Crippen LogP contribution in [0.2, 0.25) is 0 Å². The molecular weight excluding hydrogens is 410 g/mol. The minimum absolute atomic E-state index is 0. The number of aryl methyl sites for hydroxylation is 1. The minimum Gasteiger partial charge on any atom is -0.493 e. The smallest absolute Gasteiger partial charge is 0.189 e. The van der Waals surface area contributed by atoms with E-state index in [1.807, 2.05) is 25.1 Å². The number of aromatic nitrogens is 5. The van der Waals surface area contributed by atoms with Crippen molar-refractivity contribution in [2.45, 2.75) is 6.92 Å². The Balaban J connectivity index is 0.00000256. The van der Waals surface area contributed by atoms with Crippen LogP contribution in [-0.2, 0) is 4.74 Å². The van der Waals surface area contributed by atoms with E-state index in [2.05, 4.69) is 30.5 Å². The zero-order chi connectivity index (χ0) is 20.2. The number of ether oxygens (including phenoxy) is 3. The summed E-state index contributed by atoms with van der Waals surface area (Å²) in [6.45, 7) is 7.02. The normalized spacial score (nSPS) is 14.4. The number of anilines is 1. The van der Waals surface area contributed by atoms with Gasteiger partial charge in [0.25, 0.3) is 0 Å². The van der Waals surface area contributed by atoms with Gasteiger partial charge >= 0.3 is 0 Å². The van der Waals surface area contributed by atoms with Crippen LogP contribution in [0.3, 0.4) is 0 Å². The van der Waals surface area contributed by atoms with Gasteiger partial charge in [0.05, 0.1) is 33.1 Å². The van der Waals surface area contributed by atoms with Crippen molar-refractivity contribution in [1.82, 2.24) is 29.9 Å². The maximum absolute atomic E-state index is 5.40. The van der Waals surface area contributed by atoms with E-state index < -0.39 is 0 Å². The molecule has 162 valence electrons. The third kappa shape index (κ3) is 4.55. The molecule has 10 nitrogen and oxygen atoms in total. The molecule has 0 unspecified atom stereocenters. The predicted octanol–water partition coefficient (Wildman–Crippen LogP) is 1.70. The van der Waals surface area contributed by atoms with Crippen LogP contribution in [0, 0.1) is 6.92 Å². The SMILES string of the molecule is COc1ccc(-n2nnc3c(NCCN4CCOCC4)nc(C)nc32)cc1OC.Cl. The molecule has 11 heteroatoms. The number of halogens is 1. The highest BCUT2D eigenvalue weighted by atomic mass is 35.5. The Bertz CT molecular complexity index is 992. The van der Waals surface area contributed by atoms with Crippen molar-refractivity contribution in [2.24, 2.45) is 0 Å². The van der Waals surface area contributed by atoms with Crippen molar-refractivity contribution in [2.75, 3.05) is 58.9 Å². The number of rotatable bonds is 7. The minimum atomic E-state index is 0. The summed E-state index contributed by atoms with van der Waals surface area (Å²) >= 11 is 0. The van der Waals surface area contributed by atoms with Gasteiger partial charge in [0, 0.05) is 32.2 Å². The number of benzene rings is 1. The fraction of sp³-hybridized carbons (Fsp3) is 0.474. The number of nitrogens with zero attached hydrogens (tertiary/aromatic N) is 6. The van der Waals surface area contributed by atoms with Crippen LogP contribution in [0.4, 0.5) is 5.82 Å². The van der Waals surface area contributed by atoms with E-state index in [-0.39, 0.29) is 12.4 Å². The fourth-order valence-corrected chi connectivity index (χ4v) is 3.33. The molecule has 1 aromatic carbocycles. The van der Waals surface area contributed by atoms with Crippen LogP contribution >= 0.6 is 12.4 Å². The third-order valence-electron chi connectivity index (χ3n) is 4.85. The summed E-state index contributed by atoms with van der Waals surface area (Å²) in [5, 5.41) is 12.0. The highest BCUT2D eigenvalue weighted by Crippen LogP contribution is 2.30. The summed E-state index contributed by atoms with van der Waals surface area (Å²) < 4.78 is 17.8. The molecule has 1 aliphatic heterocycles. The number of hydrogen-bond donors (Lipinski definition) is 1. The van der Waals surface area contributed by atoms with E-state index in [1.54, 1.807) is 18.9 Å². The van der Waals surface area contributed by atoms with Gasteiger partial charge in [0.1, 0.15) is 5.82 Å². The first-order chi connectivity index (χ1) is 14.2. The lowest BCUT2D eigenvalue weighted by atomic mass is 10.2. The Morgan fingerprint density at radius 2 is 1.87 bits per heavy atom. The van der Waals surface area contributed by atoms with Gasteiger partial charge in [0.2, 0.25) is 0 Å². The fourth-order valence-electron chi connectivity index (χ4n) is 3.33. The first-order valence-corrected chi connectivity index (χ1v) is 9.56. The van der Waals surface area contributed by atoms with E-state index in [1.165, 1.54) is 0 Å². The van der Waals surface area contributed by atoms with E-state index in [9.17, 15) is 0 Å². The molecule has 3 heterocycles. The molecule has 0 spiro atoms. The monoisotopic (exact) mass is 435 g/mol. The number of fused-ring (bicyclic) bond motifs is 1. The summed E-state index contributed by atoms with van der Waals surface area (Å²) in [6.07, 6.45) is 0. The molecule has 1 fully saturated rings. The third-order valence-corrected chi connectivity index (χ3v) is 4.85. The summed E-state index contributed by atoms with van der Waals surface area (Å²) in [7, 11) is 3.21. The average molecular weight is 436 g/mol. The van der Waals surface area contributed by atoms with E-state index >= 15 is 0 Å². The van der Waals surface area contributed by atoms with Gasteiger partial charge in [-0.05, 0) is 19.1 Å². The lowest BCUT2D eigenvalue weighted by molar-refractivity contribution is 0.0398. The quantitative estimate of drug-likeness (QED) is 0.594. The first-order valence-electron chi connectivity index (χ1n) is 9.56. The van der Waals surface area contributed by atoms with Gasteiger partial charge in [-0.25, -0.2) is 9.97 Å². The van der Waals surface area contributed by atoms with Gasteiger partial charge < -0.3 is 19.5 Å². The Morgan fingerprint density at radius 3 is 2.60 bits per heavy atom. The van der Waals surface area contributed by atoms with E-state index in [0.29, 0.717) is 34.3 Å². The maximum Gasteiger partial charge on any atom is 0.189 e. The number of hydrogen-bond acceptors (Lipinski definition) is 9. The topological polar surface area (TPSA) is 99.5 Å². The van der Waals surface area contributed by atoms with Crippen molar-refractivity contribution in [3.8, 4) is 17.2 Å². The van der Waals surface area contributed by atoms with Crippen LogP contribution in [-0.4, -0.2) is 83.5 Å². The van der Waals surface area contributed by atoms with Crippen LogP contribution in [0.5, 0.6) is 11.5 Å². The maximum atomic E-state index is 5.40. The molecule has 1 aliphatic rings. The zero-order valence-electron chi connectivity index (χ0n) is 17.3. The molecular formula is C19H26ClN7O3. The molecule has 0 atom stereocenters. The molecule has 0 aliphatic carbocycles. The number of nitrogens with one attached hydrogen (secondary N) is 1. The molecule has 3 aromatic rings. The molecule has 0 saturated carbocycles. The Morgan fingerprint density at radius 1 is 1.10 bits per heavy atom. The van der Waals surface area contributed by atoms with E-state index in [0.717, 1.165) is 45.1 Å². The average Bonchev–Trinajstić information content (AvgIpc) is 3.17. The zero-order valence-corrected chi connectivity index (χ0v) is 18.1. The van der Waals surface area contributed by atoms with Gasteiger partial charge in [-0.3, -0.25) is 4.90 Å². The second-order valence-electron chi connectivity index (χ2n) is 6.71. The molecule has 0 bridgehead atoms. The number of morpholine rings is 1. The molecule has 1 N–H and O–H groups in total.